The summed E-state index contributed by atoms with van der Waals surface area (Å²) in [5.74, 6) is 0.697. The van der Waals surface area contributed by atoms with Gasteiger partial charge >= 0.3 is 0 Å². The standard InChI is InChI=1S/C13H18N4S/c1-16-6-2-3-10(8-16)9-17-12-4-5-14-7-11(12)15-13(17)18/h4-5,7,10H,2-3,6,8-9H2,1H3,(H,15,18). The number of likely N-dealkylation sites (tertiary alicyclic amines) is 1. The Labute approximate surface area is 112 Å². The molecule has 4 nitrogen and oxygen atoms in total. The van der Waals surface area contributed by atoms with Gasteiger partial charge in [0, 0.05) is 19.3 Å². The molecule has 0 radical (unpaired) electrons. The molecule has 18 heavy (non-hydrogen) atoms. The number of nitrogens with one attached hydrogen (secondary N) is 1. The molecular weight excluding hydrogens is 244 g/mol. The molecule has 1 aliphatic heterocycles. The maximum Gasteiger partial charge on any atom is 0.178 e. The third kappa shape index (κ3) is 2.20. The van der Waals surface area contributed by atoms with Crippen molar-refractivity contribution < 1.29 is 0 Å². The van der Waals surface area contributed by atoms with Crippen molar-refractivity contribution in [2.24, 2.45) is 5.92 Å². The number of aromatic amines is 1. The molecule has 2 aromatic heterocycles. The molecule has 0 amide bonds. The SMILES string of the molecule is CN1CCCC(Cn2c(=S)[nH]c3cnccc32)C1. The maximum atomic E-state index is 5.42. The average molecular weight is 262 g/mol. The Morgan fingerprint density at radius 2 is 2.44 bits per heavy atom. The molecule has 1 atom stereocenters. The molecule has 1 unspecified atom stereocenters. The lowest BCUT2D eigenvalue weighted by atomic mass is 9.98. The van der Waals surface area contributed by atoms with Crippen LogP contribution >= 0.6 is 12.2 Å². The molecule has 2 aromatic rings. The summed E-state index contributed by atoms with van der Waals surface area (Å²) >= 11 is 5.42. The molecule has 0 aromatic carbocycles. The van der Waals surface area contributed by atoms with E-state index < -0.39 is 0 Å². The number of nitrogens with zero attached hydrogens (tertiary/aromatic N) is 3. The number of aromatic nitrogens is 3. The fourth-order valence-electron chi connectivity index (χ4n) is 2.87. The van der Waals surface area contributed by atoms with Crippen molar-refractivity contribution in [3.63, 3.8) is 0 Å². The number of hydrogen-bond donors (Lipinski definition) is 1. The fourth-order valence-corrected chi connectivity index (χ4v) is 3.16. The van der Waals surface area contributed by atoms with Gasteiger partial charge < -0.3 is 14.5 Å². The van der Waals surface area contributed by atoms with Crippen LogP contribution in [-0.2, 0) is 6.54 Å². The Balaban J connectivity index is 1.90. The third-order valence-corrected chi connectivity index (χ3v) is 4.06. The van der Waals surface area contributed by atoms with E-state index in [-0.39, 0.29) is 0 Å². The lowest BCUT2D eigenvalue weighted by Gasteiger charge is -2.29. The molecule has 5 heteroatoms. The first-order chi connectivity index (χ1) is 8.74. The Bertz CT molecular complexity index is 600. The van der Waals surface area contributed by atoms with E-state index in [4.69, 9.17) is 12.2 Å². The van der Waals surface area contributed by atoms with Crippen molar-refractivity contribution in [3.8, 4) is 0 Å². The van der Waals surface area contributed by atoms with Gasteiger partial charge in [0.15, 0.2) is 4.77 Å². The van der Waals surface area contributed by atoms with Gasteiger partial charge in [-0.15, -0.1) is 0 Å². The summed E-state index contributed by atoms with van der Waals surface area (Å²) in [7, 11) is 2.20. The first-order valence-electron chi connectivity index (χ1n) is 6.45. The smallest absolute Gasteiger partial charge is 0.178 e. The van der Waals surface area contributed by atoms with Gasteiger partial charge in [-0.25, -0.2) is 0 Å². The number of H-pyrrole nitrogens is 1. The summed E-state index contributed by atoms with van der Waals surface area (Å²) in [5, 5.41) is 0. The van der Waals surface area contributed by atoms with Gasteiger partial charge in [0.05, 0.1) is 17.2 Å². The summed E-state index contributed by atoms with van der Waals surface area (Å²) < 4.78 is 3.03. The van der Waals surface area contributed by atoms with E-state index in [1.165, 1.54) is 31.4 Å². The van der Waals surface area contributed by atoms with Crippen LogP contribution in [0.5, 0.6) is 0 Å². The van der Waals surface area contributed by atoms with E-state index in [2.05, 4.69) is 26.5 Å². The third-order valence-electron chi connectivity index (χ3n) is 3.74. The van der Waals surface area contributed by atoms with Gasteiger partial charge in [-0.2, -0.15) is 0 Å². The minimum absolute atomic E-state index is 0.697. The topological polar surface area (TPSA) is 36.9 Å². The van der Waals surface area contributed by atoms with Crippen LogP contribution in [0.15, 0.2) is 18.5 Å². The molecular formula is C13H18N4S. The lowest BCUT2D eigenvalue weighted by molar-refractivity contribution is 0.195. The highest BCUT2D eigenvalue weighted by Crippen LogP contribution is 2.20. The first kappa shape index (κ1) is 11.9. The van der Waals surface area contributed by atoms with Crippen molar-refractivity contribution in [1.29, 1.82) is 0 Å². The Kier molecular flexibility index (Phi) is 3.18. The van der Waals surface area contributed by atoms with Crippen LogP contribution in [0.4, 0.5) is 0 Å². The van der Waals surface area contributed by atoms with Gasteiger partial charge in [-0.3, -0.25) is 4.98 Å². The summed E-state index contributed by atoms with van der Waals surface area (Å²) in [6.45, 7) is 3.40. The predicted molar refractivity (Wildman–Crippen MR) is 75.1 cm³/mol. The molecule has 0 saturated carbocycles. The van der Waals surface area contributed by atoms with Crippen molar-refractivity contribution in [2.75, 3.05) is 20.1 Å². The molecule has 0 spiro atoms. The normalized spacial score (nSPS) is 21.5. The van der Waals surface area contributed by atoms with Crippen LogP contribution in [-0.4, -0.2) is 39.6 Å². The van der Waals surface area contributed by atoms with E-state index in [1.54, 1.807) is 0 Å². The summed E-state index contributed by atoms with van der Waals surface area (Å²) in [5.41, 5.74) is 2.20. The van der Waals surface area contributed by atoms with Gasteiger partial charge in [-0.1, -0.05) is 0 Å². The molecule has 1 saturated heterocycles. The second-order valence-corrected chi connectivity index (χ2v) is 5.59. The van der Waals surface area contributed by atoms with Gasteiger partial charge in [0.1, 0.15) is 0 Å². The van der Waals surface area contributed by atoms with Gasteiger partial charge in [0.2, 0.25) is 0 Å². The zero-order valence-corrected chi connectivity index (χ0v) is 11.4. The highest BCUT2D eigenvalue weighted by molar-refractivity contribution is 7.71. The monoisotopic (exact) mass is 262 g/mol. The molecule has 0 aliphatic carbocycles. The van der Waals surface area contributed by atoms with Crippen molar-refractivity contribution in [3.05, 3.63) is 23.2 Å². The average Bonchev–Trinajstić information content (AvgIpc) is 2.66. The van der Waals surface area contributed by atoms with Crippen LogP contribution in [0.3, 0.4) is 0 Å². The van der Waals surface area contributed by atoms with Crippen LogP contribution in [0.1, 0.15) is 12.8 Å². The van der Waals surface area contributed by atoms with E-state index >= 15 is 0 Å². The van der Waals surface area contributed by atoms with Crippen molar-refractivity contribution in [2.45, 2.75) is 19.4 Å². The minimum Gasteiger partial charge on any atom is -0.329 e. The molecule has 0 bridgehead atoms. The quantitative estimate of drug-likeness (QED) is 0.845. The van der Waals surface area contributed by atoms with Crippen LogP contribution in [0.2, 0.25) is 0 Å². The van der Waals surface area contributed by atoms with Crippen molar-refractivity contribution >= 4 is 23.3 Å². The molecule has 1 fully saturated rings. The van der Waals surface area contributed by atoms with Crippen LogP contribution in [0.25, 0.3) is 11.0 Å². The molecule has 3 rings (SSSR count). The molecule has 1 N–H and O–H groups in total. The van der Waals surface area contributed by atoms with E-state index in [0.29, 0.717) is 5.92 Å². The second kappa shape index (κ2) is 4.82. The van der Waals surface area contributed by atoms with E-state index in [0.717, 1.165) is 16.8 Å². The molecule has 96 valence electrons. The summed E-state index contributed by atoms with van der Waals surface area (Å²) in [6, 6.07) is 2.04. The molecule has 1 aliphatic rings. The number of piperidine rings is 1. The zero-order valence-electron chi connectivity index (χ0n) is 10.6. The zero-order chi connectivity index (χ0) is 12.5. The Morgan fingerprint density at radius 1 is 1.56 bits per heavy atom. The fraction of sp³-hybridized carbons (Fsp3) is 0.538. The Hall–Kier alpha value is -1.20. The van der Waals surface area contributed by atoms with Crippen LogP contribution in [0, 0.1) is 10.7 Å². The number of hydrogen-bond acceptors (Lipinski definition) is 3. The highest BCUT2D eigenvalue weighted by Gasteiger charge is 2.18. The number of pyridine rings is 1. The predicted octanol–water partition coefficient (Wildman–Crippen LogP) is 2.44. The first-order valence-corrected chi connectivity index (χ1v) is 6.86. The van der Waals surface area contributed by atoms with Crippen molar-refractivity contribution in [1.82, 2.24) is 19.4 Å². The van der Waals surface area contributed by atoms with Gasteiger partial charge in [0.25, 0.3) is 0 Å². The van der Waals surface area contributed by atoms with Crippen LogP contribution < -0.4 is 0 Å². The minimum atomic E-state index is 0.697. The lowest BCUT2D eigenvalue weighted by Crippen LogP contribution is -2.34. The largest absolute Gasteiger partial charge is 0.329 e. The molecule has 3 heterocycles. The highest BCUT2D eigenvalue weighted by atomic mass is 32.1. The number of rotatable bonds is 2. The number of fused-ring (bicyclic) bond motifs is 1. The summed E-state index contributed by atoms with van der Waals surface area (Å²) in [4.78, 5) is 9.77. The van der Waals surface area contributed by atoms with E-state index in [1.807, 2.05) is 18.5 Å². The second-order valence-electron chi connectivity index (χ2n) is 5.20. The van der Waals surface area contributed by atoms with E-state index in [9.17, 15) is 0 Å². The Morgan fingerprint density at radius 3 is 3.28 bits per heavy atom. The maximum absolute atomic E-state index is 5.42. The number of imidazole rings is 1. The van der Waals surface area contributed by atoms with Gasteiger partial charge in [-0.05, 0) is 50.6 Å². The summed E-state index contributed by atoms with van der Waals surface area (Å²) in [6.07, 6.45) is 6.26.